The summed E-state index contributed by atoms with van der Waals surface area (Å²) in [4.78, 5) is 4.88. The zero-order valence-corrected chi connectivity index (χ0v) is 11.8. The molecule has 1 aliphatic heterocycles. The topological polar surface area (TPSA) is 31.7 Å². The summed E-state index contributed by atoms with van der Waals surface area (Å²) < 4.78 is 5.52. The first-order chi connectivity index (χ1) is 8.70. The maximum absolute atomic E-state index is 5.52. The van der Waals surface area contributed by atoms with Gasteiger partial charge in [-0.25, -0.2) is 0 Å². The van der Waals surface area contributed by atoms with Gasteiger partial charge in [0.1, 0.15) is 5.76 Å². The Morgan fingerprint density at radius 1 is 1.50 bits per heavy atom. The molecule has 102 valence electrons. The zero-order chi connectivity index (χ0) is 13.0. The average molecular weight is 251 g/mol. The molecule has 18 heavy (non-hydrogen) atoms. The number of nitrogens with zero attached hydrogens (tertiary/aromatic N) is 2. The predicted octanol–water partition coefficient (Wildman–Crippen LogP) is 1.52. The number of rotatable bonds is 5. The summed E-state index contributed by atoms with van der Waals surface area (Å²) in [5.74, 6) is 1.07. The van der Waals surface area contributed by atoms with Crippen LogP contribution < -0.4 is 5.32 Å². The summed E-state index contributed by atoms with van der Waals surface area (Å²) in [6.07, 6.45) is 4.41. The lowest BCUT2D eigenvalue weighted by Crippen LogP contribution is -2.44. The first kappa shape index (κ1) is 13.6. The average Bonchev–Trinajstić information content (AvgIpc) is 2.77. The van der Waals surface area contributed by atoms with Gasteiger partial charge in [0.2, 0.25) is 0 Å². The number of likely N-dealkylation sites (N-methyl/N-ethyl adjacent to an activating group) is 1. The summed E-state index contributed by atoms with van der Waals surface area (Å²) >= 11 is 0. The molecule has 0 amide bonds. The SMILES string of the molecule is CNCc1occc1CN1CCCC(N(C)C)C1. The molecule has 0 aliphatic carbocycles. The van der Waals surface area contributed by atoms with Crippen LogP contribution in [0, 0.1) is 0 Å². The Labute approximate surface area is 110 Å². The molecule has 2 rings (SSSR count). The number of hydrogen-bond acceptors (Lipinski definition) is 4. The van der Waals surface area contributed by atoms with Crippen molar-refractivity contribution < 1.29 is 4.42 Å². The summed E-state index contributed by atoms with van der Waals surface area (Å²) in [5.41, 5.74) is 1.32. The highest BCUT2D eigenvalue weighted by Gasteiger charge is 2.22. The van der Waals surface area contributed by atoms with E-state index in [9.17, 15) is 0 Å². The first-order valence-corrected chi connectivity index (χ1v) is 6.79. The molecule has 4 heteroatoms. The molecule has 0 bridgehead atoms. The van der Waals surface area contributed by atoms with E-state index in [1.54, 1.807) is 6.26 Å². The van der Waals surface area contributed by atoms with E-state index in [1.807, 2.05) is 7.05 Å². The van der Waals surface area contributed by atoms with Gasteiger partial charge in [-0.1, -0.05) is 0 Å². The summed E-state index contributed by atoms with van der Waals surface area (Å²) in [5, 5.41) is 3.15. The Morgan fingerprint density at radius 3 is 3.06 bits per heavy atom. The lowest BCUT2D eigenvalue weighted by atomic mass is 10.0. The van der Waals surface area contributed by atoms with Gasteiger partial charge in [0.05, 0.1) is 12.8 Å². The summed E-state index contributed by atoms with van der Waals surface area (Å²) in [7, 11) is 6.31. The molecule has 1 atom stereocenters. The molecule has 0 saturated carbocycles. The molecule has 1 fully saturated rings. The molecule has 1 aromatic rings. The second kappa shape index (κ2) is 6.36. The molecule has 1 saturated heterocycles. The summed E-state index contributed by atoms with van der Waals surface area (Å²) in [6, 6.07) is 2.80. The van der Waals surface area contributed by atoms with Crippen LogP contribution in [0.15, 0.2) is 16.7 Å². The van der Waals surface area contributed by atoms with Crippen molar-refractivity contribution >= 4 is 0 Å². The normalized spacial score (nSPS) is 21.7. The van der Waals surface area contributed by atoms with Gasteiger partial charge >= 0.3 is 0 Å². The van der Waals surface area contributed by atoms with Gasteiger partial charge in [-0.3, -0.25) is 4.90 Å². The van der Waals surface area contributed by atoms with Crippen molar-refractivity contribution in [2.75, 3.05) is 34.2 Å². The minimum absolute atomic E-state index is 0.693. The van der Waals surface area contributed by atoms with E-state index in [0.29, 0.717) is 6.04 Å². The van der Waals surface area contributed by atoms with Gasteiger partial charge in [0.15, 0.2) is 0 Å². The number of nitrogens with one attached hydrogen (secondary N) is 1. The van der Waals surface area contributed by atoms with Gasteiger partial charge in [-0.05, 0) is 46.6 Å². The predicted molar refractivity (Wildman–Crippen MR) is 73.5 cm³/mol. The van der Waals surface area contributed by atoms with Gasteiger partial charge in [-0.15, -0.1) is 0 Å². The number of hydrogen-bond donors (Lipinski definition) is 1. The third kappa shape index (κ3) is 3.34. The van der Waals surface area contributed by atoms with Gasteiger partial charge in [0, 0.05) is 24.7 Å². The van der Waals surface area contributed by atoms with Crippen LogP contribution in [0.2, 0.25) is 0 Å². The molecule has 0 aromatic carbocycles. The van der Waals surface area contributed by atoms with E-state index < -0.39 is 0 Å². The van der Waals surface area contributed by atoms with Crippen molar-refractivity contribution in [2.45, 2.75) is 32.0 Å². The first-order valence-electron chi connectivity index (χ1n) is 6.79. The molecule has 0 radical (unpaired) electrons. The number of furan rings is 1. The Balaban J connectivity index is 1.94. The van der Waals surface area contributed by atoms with E-state index in [2.05, 4.69) is 35.3 Å². The van der Waals surface area contributed by atoms with E-state index in [1.165, 1.54) is 24.9 Å². The lowest BCUT2D eigenvalue weighted by molar-refractivity contribution is 0.127. The Hall–Kier alpha value is -0.840. The molecule has 1 unspecified atom stereocenters. The molecule has 1 aromatic heterocycles. The van der Waals surface area contributed by atoms with Crippen molar-refractivity contribution in [3.8, 4) is 0 Å². The van der Waals surface area contributed by atoms with Crippen LogP contribution in [0.5, 0.6) is 0 Å². The van der Waals surface area contributed by atoms with Crippen molar-refractivity contribution in [1.29, 1.82) is 0 Å². The van der Waals surface area contributed by atoms with Gasteiger partial charge in [0.25, 0.3) is 0 Å². The van der Waals surface area contributed by atoms with Crippen molar-refractivity contribution in [1.82, 2.24) is 15.1 Å². The van der Waals surface area contributed by atoms with Crippen LogP contribution >= 0.6 is 0 Å². The zero-order valence-electron chi connectivity index (χ0n) is 11.8. The van der Waals surface area contributed by atoms with E-state index in [0.717, 1.165) is 25.4 Å². The minimum atomic E-state index is 0.693. The van der Waals surface area contributed by atoms with Crippen LogP contribution in [0.3, 0.4) is 0 Å². The van der Waals surface area contributed by atoms with Gasteiger partial charge in [-0.2, -0.15) is 0 Å². The van der Waals surface area contributed by atoms with Crippen molar-refractivity contribution in [3.63, 3.8) is 0 Å². The lowest BCUT2D eigenvalue weighted by Gasteiger charge is -2.36. The Morgan fingerprint density at radius 2 is 2.33 bits per heavy atom. The standard InChI is InChI=1S/C14H25N3O/c1-15-9-14-12(6-8-18-14)10-17-7-4-5-13(11-17)16(2)3/h6,8,13,15H,4-5,7,9-11H2,1-3H3. The molecule has 1 N–H and O–H groups in total. The van der Waals surface area contributed by atoms with E-state index in [4.69, 9.17) is 4.42 Å². The molecule has 2 heterocycles. The maximum Gasteiger partial charge on any atom is 0.122 e. The van der Waals surface area contributed by atoms with Crippen LogP contribution in [0.4, 0.5) is 0 Å². The Bertz CT molecular complexity index is 362. The second-order valence-electron chi connectivity index (χ2n) is 5.39. The van der Waals surface area contributed by atoms with Crippen LogP contribution in [-0.2, 0) is 13.1 Å². The fourth-order valence-electron chi connectivity index (χ4n) is 2.66. The number of piperidine rings is 1. The third-order valence-corrected chi connectivity index (χ3v) is 3.78. The van der Waals surface area contributed by atoms with Crippen molar-refractivity contribution in [2.24, 2.45) is 0 Å². The summed E-state index contributed by atoms with van der Waals surface area (Å²) in [6.45, 7) is 4.19. The molecular weight excluding hydrogens is 226 g/mol. The Kier molecular flexibility index (Phi) is 4.80. The van der Waals surface area contributed by atoms with E-state index >= 15 is 0 Å². The number of likely N-dealkylation sites (tertiary alicyclic amines) is 1. The van der Waals surface area contributed by atoms with Crippen LogP contribution in [0.1, 0.15) is 24.2 Å². The third-order valence-electron chi connectivity index (χ3n) is 3.78. The highest BCUT2D eigenvalue weighted by atomic mass is 16.3. The highest BCUT2D eigenvalue weighted by Crippen LogP contribution is 2.19. The minimum Gasteiger partial charge on any atom is -0.468 e. The van der Waals surface area contributed by atoms with Gasteiger partial charge < -0.3 is 14.6 Å². The fraction of sp³-hybridized carbons (Fsp3) is 0.714. The molecule has 4 nitrogen and oxygen atoms in total. The maximum atomic E-state index is 5.52. The highest BCUT2D eigenvalue weighted by molar-refractivity contribution is 5.17. The monoisotopic (exact) mass is 251 g/mol. The van der Waals surface area contributed by atoms with Crippen LogP contribution in [-0.4, -0.2) is 50.1 Å². The molecule has 0 spiro atoms. The smallest absolute Gasteiger partial charge is 0.122 e. The molecular formula is C14H25N3O. The molecule has 1 aliphatic rings. The fourth-order valence-corrected chi connectivity index (χ4v) is 2.66. The van der Waals surface area contributed by atoms with E-state index in [-0.39, 0.29) is 0 Å². The van der Waals surface area contributed by atoms with Crippen molar-refractivity contribution in [3.05, 3.63) is 23.7 Å². The second-order valence-corrected chi connectivity index (χ2v) is 5.39. The quantitative estimate of drug-likeness (QED) is 0.860. The van der Waals surface area contributed by atoms with Crippen LogP contribution in [0.25, 0.3) is 0 Å². The largest absolute Gasteiger partial charge is 0.468 e.